The smallest absolute Gasteiger partial charge is 0.0483 e. The van der Waals surface area contributed by atoms with E-state index in [0.717, 1.165) is 13.0 Å². The molecule has 0 aliphatic rings. The first-order valence-corrected chi connectivity index (χ1v) is 7.03. The Labute approximate surface area is 117 Å². The summed E-state index contributed by atoms with van der Waals surface area (Å²) >= 11 is 0. The zero-order chi connectivity index (χ0) is 14.2. The number of hydrogen-bond acceptors (Lipinski definition) is 1. The molecule has 0 bridgehead atoms. The van der Waals surface area contributed by atoms with E-state index in [1.54, 1.807) is 0 Å². The van der Waals surface area contributed by atoms with Gasteiger partial charge in [0.15, 0.2) is 0 Å². The molecule has 1 aromatic carbocycles. The van der Waals surface area contributed by atoms with Crippen LogP contribution in [-0.2, 0) is 18.9 Å². The Morgan fingerprint density at radius 1 is 1.16 bits per heavy atom. The molecule has 2 rings (SSSR count). The topological polar surface area (TPSA) is 8.17 Å². The third-order valence-electron chi connectivity index (χ3n) is 3.73. The molecule has 0 saturated heterocycles. The fraction of sp³-hybridized carbons (Fsp3) is 0.529. The molecule has 2 heteroatoms. The predicted molar refractivity (Wildman–Crippen MR) is 83.9 cm³/mol. The van der Waals surface area contributed by atoms with Gasteiger partial charge in [0, 0.05) is 30.7 Å². The molecule has 0 unspecified atom stereocenters. The molecule has 104 valence electrons. The van der Waals surface area contributed by atoms with Crippen molar-refractivity contribution in [2.45, 2.75) is 32.6 Å². The van der Waals surface area contributed by atoms with Crippen LogP contribution in [0.1, 0.15) is 31.9 Å². The standard InChI is InChI=1S/C17H26N2/c1-17(2,3)14-8-7-9-15-16(14)13(12-19(15)6)10-11-18(4)5/h7-9,12H,10-11H2,1-6H3. The molecule has 2 aromatic rings. The van der Waals surface area contributed by atoms with Crippen molar-refractivity contribution in [3.05, 3.63) is 35.5 Å². The summed E-state index contributed by atoms with van der Waals surface area (Å²) in [5.74, 6) is 0. The Hall–Kier alpha value is -1.28. The summed E-state index contributed by atoms with van der Waals surface area (Å²) in [6.07, 6.45) is 3.40. The average molecular weight is 258 g/mol. The number of benzene rings is 1. The molecule has 19 heavy (non-hydrogen) atoms. The number of aryl methyl sites for hydroxylation is 1. The van der Waals surface area contributed by atoms with E-state index in [0.29, 0.717) is 0 Å². The first kappa shape index (κ1) is 14.1. The maximum Gasteiger partial charge on any atom is 0.0483 e. The van der Waals surface area contributed by atoms with E-state index in [1.165, 1.54) is 22.0 Å². The predicted octanol–water partition coefficient (Wildman–Crippen LogP) is 3.58. The minimum Gasteiger partial charge on any atom is -0.350 e. The molecule has 0 aliphatic carbocycles. The lowest BCUT2D eigenvalue weighted by Gasteiger charge is -2.21. The van der Waals surface area contributed by atoms with Crippen LogP contribution in [0, 0.1) is 0 Å². The van der Waals surface area contributed by atoms with E-state index in [9.17, 15) is 0 Å². The van der Waals surface area contributed by atoms with Crippen molar-refractivity contribution in [2.24, 2.45) is 7.05 Å². The van der Waals surface area contributed by atoms with Gasteiger partial charge in [-0.1, -0.05) is 32.9 Å². The Balaban J connectivity index is 2.58. The molecule has 2 nitrogen and oxygen atoms in total. The van der Waals surface area contributed by atoms with Crippen LogP contribution >= 0.6 is 0 Å². The molecular weight excluding hydrogens is 232 g/mol. The van der Waals surface area contributed by atoms with Crippen molar-refractivity contribution in [1.29, 1.82) is 0 Å². The van der Waals surface area contributed by atoms with E-state index in [2.05, 4.69) is 75.8 Å². The van der Waals surface area contributed by atoms with Crippen LogP contribution in [0.5, 0.6) is 0 Å². The quantitative estimate of drug-likeness (QED) is 0.817. The lowest BCUT2D eigenvalue weighted by Crippen LogP contribution is -2.16. The van der Waals surface area contributed by atoms with Gasteiger partial charge in [0.25, 0.3) is 0 Å². The van der Waals surface area contributed by atoms with Crippen molar-refractivity contribution in [2.75, 3.05) is 20.6 Å². The third-order valence-corrected chi connectivity index (χ3v) is 3.73. The molecule has 1 aromatic heterocycles. The van der Waals surface area contributed by atoms with Gasteiger partial charge in [-0.15, -0.1) is 0 Å². The summed E-state index contributed by atoms with van der Waals surface area (Å²) in [6.45, 7) is 7.98. The first-order valence-electron chi connectivity index (χ1n) is 7.03. The summed E-state index contributed by atoms with van der Waals surface area (Å²) in [5.41, 5.74) is 4.46. The second kappa shape index (κ2) is 5.01. The van der Waals surface area contributed by atoms with Gasteiger partial charge in [-0.25, -0.2) is 0 Å². The summed E-state index contributed by atoms with van der Waals surface area (Å²) in [5, 5.41) is 1.46. The van der Waals surface area contributed by atoms with Crippen molar-refractivity contribution >= 4 is 10.9 Å². The summed E-state index contributed by atoms with van der Waals surface area (Å²) in [4.78, 5) is 2.25. The number of rotatable bonds is 3. The van der Waals surface area contributed by atoms with Gasteiger partial charge in [0.2, 0.25) is 0 Å². The largest absolute Gasteiger partial charge is 0.350 e. The molecular formula is C17H26N2. The highest BCUT2D eigenvalue weighted by atomic mass is 15.0. The van der Waals surface area contributed by atoms with E-state index < -0.39 is 0 Å². The van der Waals surface area contributed by atoms with Crippen LogP contribution in [0.2, 0.25) is 0 Å². The van der Waals surface area contributed by atoms with Gasteiger partial charge in [0.1, 0.15) is 0 Å². The van der Waals surface area contributed by atoms with Gasteiger partial charge in [-0.05, 0) is 43.1 Å². The number of fused-ring (bicyclic) bond motifs is 1. The number of nitrogens with zero attached hydrogens (tertiary/aromatic N) is 2. The molecule has 0 N–H and O–H groups in total. The number of hydrogen-bond donors (Lipinski definition) is 0. The molecule has 0 saturated carbocycles. The second-order valence-electron chi connectivity index (χ2n) is 6.77. The highest BCUT2D eigenvalue weighted by molar-refractivity contribution is 5.88. The zero-order valence-electron chi connectivity index (χ0n) is 13.1. The number of likely N-dealkylation sites (N-methyl/N-ethyl adjacent to an activating group) is 1. The fourth-order valence-electron chi connectivity index (χ4n) is 2.70. The summed E-state index contributed by atoms with van der Waals surface area (Å²) in [7, 11) is 6.42. The van der Waals surface area contributed by atoms with Crippen LogP contribution in [0.3, 0.4) is 0 Å². The van der Waals surface area contributed by atoms with Crippen LogP contribution in [0.15, 0.2) is 24.4 Å². The van der Waals surface area contributed by atoms with Gasteiger partial charge in [-0.2, -0.15) is 0 Å². The highest BCUT2D eigenvalue weighted by Gasteiger charge is 2.20. The van der Waals surface area contributed by atoms with Gasteiger partial charge >= 0.3 is 0 Å². The van der Waals surface area contributed by atoms with E-state index >= 15 is 0 Å². The average Bonchev–Trinajstić information content (AvgIpc) is 2.63. The van der Waals surface area contributed by atoms with Crippen molar-refractivity contribution in [1.82, 2.24) is 9.47 Å². The highest BCUT2D eigenvalue weighted by Crippen LogP contribution is 2.33. The lowest BCUT2D eigenvalue weighted by molar-refractivity contribution is 0.414. The minimum atomic E-state index is 0.188. The number of aromatic nitrogens is 1. The summed E-state index contributed by atoms with van der Waals surface area (Å²) < 4.78 is 2.26. The Bertz CT molecular complexity index is 571. The Morgan fingerprint density at radius 2 is 1.84 bits per heavy atom. The summed E-state index contributed by atoms with van der Waals surface area (Å²) in [6, 6.07) is 6.68. The Kier molecular flexibility index (Phi) is 3.73. The minimum absolute atomic E-state index is 0.188. The molecule has 0 radical (unpaired) electrons. The van der Waals surface area contributed by atoms with E-state index in [1.807, 2.05) is 0 Å². The van der Waals surface area contributed by atoms with E-state index in [4.69, 9.17) is 0 Å². The van der Waals surface area contributed by atoms with Gasteiger partial charge in [0.05, 0.1) is 0 Å². The molecule has 0 atom stereocenters. The van der Waals surface area contributed by atoms with Crippen molar-refractivity contribution in [3.8, 4) is 0 Å². The van der Waals surface area contributed by atoms with Crippen LogP contribution in [-0.4, -0.2) is 30.1 Å². The lowest BCUT2D eigenvalue weighted by atomic mass is 9.83. The van der Waals surface area contributed by atoms with Crippen molar-refractivity contribution < 1.29 is 0 Å². The first-order chi connectivity index (χ1) is 8.80. The third kappa shape index (κ3) is 2.84. The zero-order valence-corrected chi connectivity index (χ0v) is 13.1. The van der Waals surface area contributed by atoms with Crippen LogP contribution < -0.4 is 0 Å². The van der Waals surface area contributed by atoms with Crippen molar-refractivity contribution in [3.63, 3.8) is 0 Å². The SMILES string of the molecule is CN(C)CCc1cn(C)c2cccc(C(C)(C)C)c12. The maximum absolute atomic E-state index is 2.30. The monoisotopic (exact) mass is 258 g/mol. The van der Waals surface area contributed by atoms with E-state index in [-0.39, 0.29) is 5.41 Å². The van der Waals surface area contributed by atoms with Gasteiger partial charge < -0.3 is 9.47 Å². The second-order valence-corrected chi connectivity index (χ2v) is 6.77. The Morgan fingerprint density at radius 3 is 2.42 bits per heavy atom. The van der Waals surface area contributed by atoms with Crippen LogP contribution in [0.4, 0.5) is 0 Å². The molecule has 0 amide bonds. The maximum atomic E-state index is 2.30. The molecule has 1 heterocycles. The van der Waals surface area contributed by atoms with Crippen LogP contribution in [0.25, 0.3) is 10.9 Å². The molecule has 0 aliphatic heterocycles. The van der Waals surface area contributed by atoms with Gasteiger partial charge in [-0.3, -0.25) is 0 Å². The molecule has 0 spiro atoms. The normalized spacial score (nSPS) is 12.6. The fourth-order valence-corrected chi connectivity index (χ4v) is 2.70. The molecule has 0 fully saturated rings.